The average molecular weight is 568 g/mol. The lowest BCUT2D eigenvalue weighted by Gasteiger charge is -2.25. The first-order valence-corrected chi connectivity index (χ1v) is 12.8. The molecule has 0 saturated carbocycles. The number of hydrogen-bond donors (Lipinski definition) is 8. The molecule has 0 spiro atoms. The first kappa shape index (κ1) is 30.5. The quantitative estimate of drug-likeness (QED) is 0.0979. The van der Waals surface area contributed by atoms with Crippen molar-refractivity contribution < 1.29 is 29.1 Å². The topological polar surface area (TPSA) is 251 Å². The van der Waals surface area contributed by atoms with Gasteiger partial charge in [-0.2, -0.15) is 0 Å². The number of aliphatic carboxylic acids is 1. The number of nitrogens with one attached hydrogen (secondary N) is 5. The summed E-state index contributed by atoms with van der Waals surface area (Å²) in [5.41, 5.74) is 12.7. The van der Waals surface area contributed by atoms with Crippen molar-refractivity contribution in [1.82, 2.24) is 35.9 Å². The minimum atomic E-state index is -1.30. The first-order chi connectivity index (χ1) is 19.6. The van der Waals surface area contributed by atoms with Crippen LogP contribution in [-0.4, -0.2) is 78.8 Å². The Morgan fingerprint density at radius 2 is 1.29 bits per heavy atom. The van der Waals surface area contributed by atoms with Crippen LogP contribution in [0.4, 0.5) is 0 Å². The Labute approximate surface area is 234 Å². The number of nitrogens with two attached hydrogens (primary N) is 2. The summed E-state index contributed by atoms with van der Waals surface area (Å²) in [4.78, 5) is 76.0. The third-order valence-electron chi connectivity index (χ3n) is 6.16. The van der Waals surface area contributed by atoms with Crippen molar-refractivity contribution in [2.24, 2.45) is 11.5 Å². The third-order valence-corrected chi connectivity index (χ3v) is 6.16. The Balaban J connectivity index is 1.79. The number of benzene rings is 1. The minimum absolute atomic E-state index is 0.0165. The van der Waals surface area contributed by atoms with Crippen LogP contribution in [0.2, 0.25) is 0 Å². The monoisotopic (exact) mass is 567 g/mol. The summed E-state index contributed by atoms with van der Waals surface area (Å²) >= 11 is 0. The maximum atomic E-state index is 13.5. The summed E-state index contributed by atoms with van der Waals surface area (Å²) < 4.78 is 0. The van der Waals surface area contributed by atoms with Crippen molar-refractivity contribution in [3.8, 4) is 0 Å². The predicted molar refractivity (Wildman–Crippen MR) is 145 cm³/mol. The molecule has 0 saturated heterocycles. The maximum absolute atomic E-state index is 13.5. The molecule has 0 aliphatic rings. The number of amides is 4. The average Bonchev–Trinajstić information content (AvgIpc) is 3.65. The molecule has 2 heterocycles. The van der Waals surface area contributed by atoms with Gasteiger partial charge in [-0.15, -0.1) is 0 Å². The highest BCUT2D eigenvalue weighted by atomic mass is 16.4. The normalized spacial score (nSPS) is 13.8. The zero-order valence-electron chi connectivity index (χ0n) is 22.1. The summed E-state index contributed by atoms with van der Waals surface area (Å²) in [5, 5.41) is 17.4. The van der Waals surface area contributed by atoms with Crippen molar-refractivity contribution in [3.05, 3.63) is 72.3 Å². The zero-order chi connectivity index (χ0) is 29.8. The van der Waals surface area contributed by atoms with Crippen LogP contribution in [0.25, 0.3) is 0 Å². The molecule has 2 aromatic heterocycles. The highest BCUT2D eigenvalue weighted by molar-refractivity contribution is 5.94. The number of rotatable bonds is 16. The van der Waals surface area contributed by atoms with Crippen LogP contribution in [0.5, 0.6) is 0 Å². The molecule has 0 fully saturated rings. The molecule has 15 nitrogen and oxygen atoms in total. The van der Waals surface area contributed by atoms with Crippen molar-refractivity contribution in [2.45, 2.75) is 56.3 Å². The fraction of sp³-hybridized carbons (Fsp3) is 0.346. The fourth-order valence-corrected chi connectivity index (χ4v) is 3.95. The van der Waals surface area contributed by atoms with Gasteiger partial charge >= 0.3 is 5.97 Å². The van der Waals surface area contributed by atoms with Crippen molar-refractivity contribution >= 4 is 29.6 Å². The van der Waals surface area contributed by atoms with Gasteiger partial charge in [0.25, 0.3) is 0 Å². The number of carbonyl (C=O) groups excluding carboxylic acids is 4. The van der Waals surface area contributed by atoms with E-state index < -0.39 is 53.8 Å². The second-order valence-electron chi connectivity index (χ2n) is 9.38. The molecule has 218 valence electrons. The Morgan fingerprint density at radius 1 is 0.780 bits per heavy atom. The molecule has 4 amide bonds. The summed E-state index contributed by atoms with van der Waals surface area (Å²) in [6.07, 6.45) is 5.54. The molecule has 0 radical (unpaired) electrons. The van der Waals surface area contributed by atoms with E-state index in [9.17, 15) is 29.1 Å². The number of imidazole rings is 2. The number of carboxylic acids is 1. The van der Waals surface area contributed by atoms with E-state index in [2.05, 4.69) is 35.9 Å². The molecule has 41 heavy (non-hydrogen) atoms. The number of carboxylic acid groups (broad SMARTS) is 1. The zero-order valence-corrected chi connectivity index (χ0v) is 22.1. The van der Waals surface area contributed by atoms with E-state index in [1.54, 1.807) is 30.3 Å². The summed E-state index contributed by atoms with van der Waals surface area (Å²) in [6, 6.07) is 4.04. The first-order valence-electron chi connectivity index (χ1n) is 12.8. The standard InChI is InChI=1S/C26H33N9O6/c27-18(6-7-22(28)36)23(37)33-20(9-16-11-29-13-31-16)25(39)34-19(8-15-4-2-1-3-5-15)24(38)35-21(26(40)41)10-17-12-30-14-32-17/h1-5,11-14,18-21H,6-10,27H2,(H2,28,36)(H,29,31)(H,30,32)(H,33,37)(H,34,39)(H,35,38)(H,40,41). The van der Waals surface area contributed by atoms with Crippen LogP contribution >= 0.6 is 0 Å². The lowest BCUT2D eigenvalue weighted by Crippen LogP contribution is -2.58. The molecule has 10 N–H and O–H groups in total. The molecule has 0 bridgehead atoms. The van der Waals surface area contributed by atoms with Crippen LogP contribution in [0, 0.1) is 0 Å². The van der Waals surface area contributed by atoms with Crippen LogP contribution in [0.3, 0.4) is 0 Å². The van der Waals surface area contributed by atoms with Crippen molar-refractivity contribution in [2.75, 3.05) is 0 Å². The number of aromatic amines is 2. The highest BCUT2D eigenvalue weighted by Gasteiger charge is 2.31. The molecule has 4 unspecified atom stereocenters. The molecular formula is C26H33N9O6. The number of hydrogen-bond acceptors (Lipinski definition) is 8. The number of primary amides is 1. The molecule has 0 aliphatic heterocycles. The number of carbonyl (C=O) groups is 5. The summed E-state index contributed by atoms with van der Waals surface area (Å²) in [5.74, 6) is -4.04. The fourth-order valence-electron chi connectivity index (χ4n) is 3.95. The van der Waals surface area contributed by atoms with Gasteiger partial charge in [-0.3, -0.25) is 19.2 Å². The van der Waals surface area contributed by atoms with E-state index in [4.69, 9.17) is 11.5 Å². The third kappa shape index (κ3) is 9.89. The minimum Gasteiger partial charge on any atom is -0.480 e. The van der Waals surface area contributed by atoms with E-state index >= 15 is 0 Å². The molecular weight excluding hydrogens is 534 g/mol. The van der Waals surface area contributed by atoms with Crippen LogP contribution in [0.15, 0.2) is 55.4 Å². The van der Waals surface area contributed by atoms with Gasteiger partial charge in [0.1, 0.15) is 18.1 Å². The van der Waals surface area contributed by atoms with Gasteiger partial charge in [-0.1, -0.05) is 30.3 Å². The van der Waals surface area contributed by atoms with Crippen LogP contribution < -0.4 is 27.4 Å². The smallest absolute Gasteiger partial charge is 0.326 e. The predicted octanol–water partition coefficient (Wildman–Crippen LogP) is -1.71. The van der Waals surface area contributed by atoms with Gasteiger partial charge in [0.05, 0.1) is 18.7 Å². The van der Waals surface area contributed by atoms with Gasteiger partial charge in [0.15, 0.2) is 0 Å². The Morgan fingerprint density at radius 3 is 1.80 bits per heavy atom. The summed E-state index contributed by atoms with van der Waals surface area (Å²) in [6.45, 7) is 0. The number of nitrogens with zero attached hydrogens (tertiary/aromatic N) is 2. The molecule has 3 aromatic rings. The van der Waals surface area contributed by atoms with Gasteiger partial charge in [-0.05, 0) is 12.0 Å². The van der Waals surface area contributed by atoms with Gasteiger partial charge in [0.2, 0.25) is 23.6 Å². The van der Waals surface area contributed by atoms with Gasteiger partial charge in [-0.25, -0.2) is 14.8 Å². The van der Waals surface area contributed by atoms with E-state index in [1.165, 1.54) is 25.0 Å². The summed E-state index contributed by atoms with van der Waals surface area (Å²) in [7, 11) is 0. The maximum Gasteiger partial charge on any atom is 0.326 e. The highest BCUT2D eigenvalue weighted by Crippen LogP contribution is 2.08. The SMILES string of the molecule is NC(=O)CCC(N)C(=O)NC(Cc1cnc[nH]1)C(=O)NC(Cc1ccccc1)C(=O)NC(Cc1cnc[nH]1)C(=O)O. The van der Waals surface area contributed by atoms with Gasteiger partial charge < -0.3 is 42.5 Å². The van der Waals surface area contributed by atoms with Crippen molar-refractivity contribution in [3.63, 3.8) is 0 Å². The van der Waals surface area contributed by atoms with E-state index in [0.717, 1.165) is 0 Å². The Kier molecular flexibility index (Phi) is 11.1. The molecule has 3 rings (SSSR count). The second kappa shape index (κ2) is 14.9. The van der Waals surface area contributed by atoms with Crippen LogP contribution in [-0.2, 0) is 43.2 Å². The van der Waals surface area contributed by atoms with E-state index in [1.807, 2.05) is 0 Å². The molecule has 1 aromatic carbocycles. The lowest BCUT2D eigenvalue weighted by molar-refractivity contribution is -0.142. The molecule has 0 aliphatic carbocycles. The van der Waals surface area contributed by atoms with Crippen LogP contribution in [0.1, 0.15) is 29.8 Å². The number of aromatic nitrogens is 4. The second-order valence-corrected chi connectivity index (χ2v) is 9.38. The molecule has 4 atom stereocenters. The lowest BCUT2D eigenvalue weighted by atomic mass is 10.0. The Hall–Kier alpha value is -5.05. The van der Waals surface area contributed by atoms with Crippen molar-refractivity contribution in [1.29, 1.82) is 0 Å². The van der Waals surface area contributed by atoms with E-state index in [0.29, 0.717) is 17.0 Å². The Bertz CT molecular complexity index is 1300. The van der Waals surface area contributed by atoms with Gasteiger partial charge in [0, 0.05) is 49.5 Å². The number of H-pyrrole nitrogens is 2. The molecule has 15 heteroatoms. The van der Waals surface area contributed by atoms with E-state index in [-0.39, 0.29) is 32.1 Å². The largest absolute Gasteiger partial charge is 0.480 e.